The number of fused-ring (bicyclic) bond motifs is 4. The number of carbonyl (C=O) groups excluding carboxylic acids is 1. The molecule has 0 bridgehead atoms. The molecule has 5 heteroatoms. The molecule has 0 spiro atoms. The standard InChI is InChI=1S/C27H23N3OS/c1-32-19-12-10-17(11-13-19)26-25-21(20-7-3-5-9-23(20)29-25)14-15-30(26)27(31)24-16-18-6-2-4-8-22(18)28-24/h2-13,16,26,28-29H,14-15H2,1H3/t26-/m0/s1. The highest BCUT2D eigenvalue weighted by molar-refractivity contribution is 7.98. The lowest BCUT2D eigenvalue weighted by Crippen LogP contribution is -2.40. The average Bonchev–Trinajstić information content (AvgIpc) is 3.44. The van der Waals surface area contributed by atoms with Crippen LogP contribution in [-0.4, -0.2) is 33.6 Å². The van der Waals surface area contributed by atoms with E-state index in [0.29, 0.717) is 12.2 Å². The van der Waals surface area contributed by atoms with Crippen LogP contribution in [0.15, 0.2) is 83.8 Å². The van der Waals surface area contributed by atoms with E-state index in [1.54, 1.807) is 11.8 Å². The van der Waals surface area contributed by atoms with Gasteiger partial charge in [-0.15, -0.1) is 11.8 Å². The summed E-state index contributed by atoms with van der Waals surface area (Å²) in [7, 11) is 0. The summed E-state index contributed by atoms with van der Waals surface area (Å²) in [5.74, 6) is 0.0319. The van der Waals surface area contributed by atoms with Crippen molar-refractivity contribution in [1.82, 2.24) is 14.9 Å². The van der Waals surface area contributed by atoms with Gasteiger partial charge in [0.2, 0.25) is 0 Å². The Bertz CT molecular complexity index is 1410. The van der Waals surface area contributed by atoms with Gasteiger partial charge in [0.25, 0.3) is 5.91 Å². The largest absolute Gasteiger partial charge is 0.356 e. The van der Waals surface area contributed by atoms with Gasteiger partial charge in [-0.05, 0) is 54.1 Å². The Morgan fingerprint density at radius 2 is 1.69 bits per heavy atom. The van der Waals surface area contributed by atoms with E-state index in [-0.39, 0.29) is 11.9 Å². The Kier molecular flexibility index (Phi) is 4.58. The molecule has 0 aliphatic carbocycles. The van der Waals surface area contributed by atoms with E-state index in [2.05, 4.69) is 64.8 Å². The first-order valence-corrected chi connectivity index (χ1v) is 12.1. The van der Waals surface area contributed by atoms with Crippen LogP contribution in [0.3, 0.4) is 0 Å². The lowest BCUT2D eigenvalue weighted by molar-refractivity contribution is 0.0687. The van der Waals surface area contributed by atoms with E-state index in [1.807, 2.05) is 35.2 Å². The molecular formula is C27H23N3OS. The number of H-pyrrole nitrogens is 2. The second kappa shape index (κ2) is 7.61. The molecule has 1 aliphatic heterocycles. The van der Waals surface area contributed by atoms with E-state index in [0.717, 1.165) is 34.1 Å². The third kappa shape index (κ3) is 3.04. The van der Waals surface area contributed by atoms with E-state index >= 15 is 0 Å². The number of nitrogens with zero attached hydrogens (tertiary/aromatic N) is 1. The van der Waals surface area contributed by atoms with Gasteiger partial charge >= 0.3 is 0 Å². The molecular weight excluding hydrogens is 414 g/mol. The third-order valence-electron chi connectivity index (χ3n) is 6.49. The maximum absolute atomic E-state index is 13.8. The van der Waals surface area contributed by atoms with Gasteiger partial charge in [-0.1, -0.05) is 48.5 Å². The Morgan fingerprint density at radius 3 is 2.47 bits per heavy atom. The Balaban J connectivity index is 1.49. The fourth-order valence-corrected chi connectivity index (χ4v) is 5.34. The zero-order valence-electron chi connectivity index (χ0n) is 17.8. The van der Waals surface area contributed by atoms with Gasteiger partial charge in [0, 0.05) is 38.9 Å². The predicted molar refractivity (Wildman–Crippen MR) is 131 cm³/mol. The van der Waals surface area contributed by atoms with Gasteiger partial charge in [0.15, 0.2) is 0 Å². The maximum Gasteiger partial charge on any atom is 0.271 e. The van der Waals surface area contributed by atoms with Crippen LogP contribution < -0.4 is 0 Å². The number of hydrogen-bond donors (Lipinski definition) is 2. The number of rotatable bonds is 3. The fourth-order valence-electron chi connectivity index (χ4n) is 4.94. The minimum Gasteiger partial charge on any atom is -0.356 e. The molecule has 32 heavy (non-hydrogen) atoms. The molecule has 0 radical (unpaired) electrons. The normalized spacial score (nSPS) is 15.9. The molecule has 1 atom stereocenters. The smallest absolute Gasteiger partial charge is 0.271 e. The second-order valence-electron chi connectivity index (χ2n) is 8.26. The lowest BCUT2D eigenvalue weighted by atomic mass is 9.92. The van der Waals surface area contributed by atoms with Crippen LogP contribution in [0.5, 0.6) is 0 Å². The summed E-state index contributed by atoms with van der Waals surface area (Å²) in [6, 6.07) is 26.9. The number of thioether (sulfide) groups is 1. The Labute approximate surface area is 190 Å². The van der Waals surface area contributed by atoms with Crippen molar-refractivity contribution >= 4 is 39.5 Å². The number of nitrogens with one attached hydrogen (secondary N) is 2. The fraction of sp³-hybridized carbons (Fsp3) is 0.148. The molecule has 4 nitrogen and oxygen atoms in total. The van der Waals surface area contributed by atoms with Gasteiger partial charge in [-0.25, -0.2) is 0 Å². The number of para-hydroxylation sites is 2. The molecule has 0 saturated heterocycles. The van der Waals surface area contributed by atoms with Crippen molar-refractivity contribution < 1.29 is 4.79 Å². The van der Waals surface area contributed by atoms with Gasteiger partial charge in [-0.3, -0.25) is 4.79 Å². The number of benzene rings is 3. The molecule has 6 rings (SSSR count). The molecule has 1 amide bonds. The summed E-state index contributed by atoms with van der Waals surface area (Å²) in [6.45, 7) is 0.679. The zero-order valence-corrected chi connectivity index (χ0v) is 18.6. The van der Waals surface area contributed by atoms with Gasteiger partial charge in [0.05, 0.1) is 6.04 Å². The van der Waals surface area contributed by atoms with Crippen molar-refractivity contribution in [1.29, 1.82) is 0 Å². The van der Waals surface area contributed by atoms with E-state index in [4.69, 9.17) is 0 Å². The number of hydrogen-bond acceptors (Lipinski definition) is 2. The molecule has 0 saturated carbocycles. The van der Waals surface area contributed by atoms with Crippen molar-refractivity contribution in [2.45, 2.75) is 17.4 Å². The maximum atomic E-state index is 13.8. The van der Waals surface area contributed by atoms with Gasteiger partial charge in [-0.2, -0.15) is 0 Å². The van der Waals surface area contributed by atoms with Crippen molar-refractivity contribution in [2.24, 2.45) is 0 Å². The van der Waals surface area contributed by atoms with Gasteiger partial charge < -0.3 is 14.9 Å². The summed E-state index contributed by atoms with van der Waals surface area (Å²) in [4.78, 5) is 24.0. The topological polar surface area (TPSA) is 51.9 Å². The minimum atomic E-state index is -0.152. The summed E-state index contributed by atoms with van der Waals surface area (Å²) >= 11 is 1.73. The Hall–Kier alpha value is -3.44. The first-order valence-electron chi connectivity index (χ1n) is 10.8. The van der Waals surface area contributed by atoms with Crippen LogP contribution in [0.25, 0.3) is 21.8 Å². The van der Waals surface area contributed by atoms with Crippen LogP contribution >= 0.6 is 11.8 Å². The van der Waals surface area contributed by atoms with Crippen LogP contribution in [0.2, 0.25) is 0 Å². The number of amides is 1. The quantitative estimate of drug-likeness (QED) is 0.332. The number of carbonyl (C=O) groups is 1. The zero-order chi connectivity index (χ0) is 21.7. The predicted octanol–water partition coefficient (Wildman–Crippen LogP) is 6.16. The summed E-state index contributed by atoms with van der Waals surface area (Å²) < 4.78 is 0. The molecule has 5 aromatic rings. The van der Waals surface area contributed by atoms with E-state index in [1.165, 1.54) is 15.8 Å². The highest BCUT2D eigenvalue weighted by atomic mass is 32.2. The lowest BCUT2D eigenvalue weighted by Gasteiger charge is -2.36. The van der Waals surface area contributed by atoms with E-state index < -0.39 is 0 Å². The highest BCUT2D eigenvalue weighted by Crippen LogP contribution is 2.39. The summed E-state index contributed by atoms with van der Waals surface area (Å²) in [5, 5.41) is 2.31. The van der Waals surface area contributed by atoms with Crippen LogP contribution in [0.4, 0.5) is 0 Å². The first-order chi connectivity index (χ1) is 15.7. The number of aromatic nitrogens is 2. The second-order valence-corrected chi connectivity index (χ2v) is 9.14. The van der Waals surface area contributed by atoms with Crippen molar-refractivity contribution in [3.63, 3.8) is 0 Å². The molecule has 2 aromatic heterocycles. The van der Waals surface area contributed by atoms with Crippen molar-refractivity contribution in [3.05, 3.63) is 101 Å². The molecule has 0 unspecified atom stereocenters. The third-order valence-corrected chi connectivity index (χ3v) is 7.23. The monoisotopic (exact) mass is 437 g/mol. The van der Waals surface area contributed by atoms with Crippen LogP contribution in [-0.2, 0) is 6.42 Å². The van der Waals surface area contributed by atoms with Crippen LogP contribution in [0, 0.1) is 0 Å². The summed E-state index contributed by atoms with van der Waals surface area (Å²) in [5.41, 5.74) is 6.32. The molecule has 3 aromatic carbocycles. The first kappa shape index (κ1) is 19.3. The van der Waals surface area contributed by atoms with Crippen LogP contribution in [0.1, 0.15) is 33.4 Å². The number of aromatic amines is 2. The minimum absolute atomic E-state index is 0.0319. The molecule has 158 valence electrons. The van der Waals surface area contributed by atoms with Crippen molar-refractivity contribution in [2.75, 3.05) is 12.8 Å². The van der Waals surface area contributed by atoms with E-state index in [9.17, 15) is 4.79 Å². The Morgan fingerprint density at radius 1 is 0.938 bits per heavy atom. The molecule has 3 heterocycles. The molecule has 1 aliphatic rings. The average molecular weight is 438 g/mol. The highest BCUT2D eigenvalue weighted by Gasteiger charge is 2.35. The summed E-state index contributed by atoms with van der Waals surface area (Å²) in [6.07, 6.45) is 2.92. The van der Waals surface area contributed by atoms with Crippen molar-refractivity contribution in [3.8, 4) is 0 Å². The molecule has 2 N–H and O–H groups in total. The SMILES string of the molecule is CSc1ccc([C@H]2c3[nH]c4ccccc4c3CCN2C(=O)c2cc3ccccc3[nH]2)cc1. The molecule has 0 fully saturated rings. The van der Waals surface area contributed by atoms with Gasteiger partial charge in [0.1, 0.15) is 5.69 Å².